The van der Waals surface area contributed by atoms with Crippen LogP contribution in [0.1, 0.15) is 10.4 Å². The summed E-state index contributed by atoms with van der Waals surface area (Å²) in [5.41, 5.74) is 4.45. The molecule has 2 N–H and O–H groups in total. The third kappa shape index (κ3) is 5.12. The van der Waals surface area contributed by atoms with E-state index < -0.39 is 24.2 Å². The van der Waals surface area contributed by atoms with Crippen molar-refractivity contribution in [1.82, 2.24) is 10.9 Å². The number of hydrogen-bond acceptors (Lipinski definition) is 3. The fourth-order valence-corrected chi connectivity index (χ4v) is 1.98. The molecule has 0 atom stereocenters. The molecule has 8 heteroatoms. The Labute approximate surface area is 141 Å². The standard InChI is InChI=1S/C15H11Cl2FN2O3/c16-9-4-5-13(17)12(6-9)15(22)20-19-14(21)8-23-11-3-1-2-10(18)7-11/h1-7H,8H2,(H,19,21)(H,20,22). The molecule has 0 aliphatic rings. The van der Waals surface area contributed by atoms with Crippen LogP contribution in [-0.2, 0) is 4.79 Å². The van der Waals surface area contributed by atoms with Crippen LogP contribution in [0.2, 0.25) is 10.0 Å². The molecule has 0 fully saturated rings. The highest BCUT2D eigenvalue weighted by Gasteiger charge is 2.12. The Morgan fingerprint density at radius 3 is 2.61 bits per heavy atom. The SMILES string of the molecule is O=C(COc1cccc(F)c1)NNC(=O)c1cc(Cl)ccc1Cl. The molecule has 23 heavy (non-hydrogen) atoms. The zero-order valence-electron chi connectivity index (χ0n) is 11.6. The summed E-state index contributed by atoms with van der Waals surface area (Å²) in [5.74, 6) is -1.53. The molecule has 2 rings (SSSR count). The molecular weight excluding hydrogens is 346 g/mol. The maximum Gasteiger partial charge on any atom is 0.276 e. The Morgan fingerprint density at radius 1 is 1.09 bits per heavy atom. The van der Waals surface area contributed by atoms with Crippen LogP contribution in [0, 0.1) is 5.82 Å². The van der Waals surface area contributed by atoms with E-state index >= 15 is 0 Å². The van der Waals surface area contributed by atoms with E-state index in [-0.39, 0.29) is 16.3 Å². The van der Waals surface area contributed by atoms with E-state index in [9.17, 15) is 14.0 Å². The van der Waals surface area contributed by atoms with E-state index in [1.807, 2.05) is 0 Å². The molecule has 0 spiro atoms. The predicted molar refractivity (Wildman–Crippen MR) is 84.0 cm³/mol. The van der Waals surface area contributed by atoms with Gasteiger partial charge in [0.05, 0.1) is 10.6 Å². The molecule has 0 bridgehead atoms. The zero-order valence-corrected chi connectivity index (χ0v) is 13.1. The van der Waals surface area contributed by atoms with Crippen molar-refractivity contribution in [3.05, 3.63) is 63.9 Å². The van der Waals surface area contributed by atoms with E-state index in [0.717, 1.165) is 6.07 Å². The van der Waals surface area contributed by atoms with Gasteiger partial charge in [-0.3, -0.25) is 20.4 Å². The van der Waals surface area contributed by atoms with Crippen molar-refractivity contribution < 1.29 is 18.7 Å². The number of benzene rings is 2. The van der Waals surface area contributed by atoms with E-state index in [2.05, 4.69) is 10.9 Å². The Hall–Kier alpha value is -2.31. The van der Waals surface area contributed by atoms with Crippen LogP contribution in [0.25, 0.3) is 0 Å². The topological polar surface area (TPSA) is 67.4 Å². The molecular formula is C15H11Cl2FN2O3. The Bertz CT molecular complexity index is 740. The second-order valence-corrected chi connectivity index (χ2v) is 5.22. The van der Waals surface area contributed by atoms with Gasteiger partial charge in [0.2, 0.25) is 0 Å². The van der Waals surface area contributed by atoms with Gasteiger partial charge in [0.15, 0.2) is 6.61 Å². The van der Waals surface area contributed by atoms with Gasteiger partial charge in [-0.2, -0.15) is 0 Å². The number of amides is 2. The lowest BCUT2D eigenvalue weighted by Gasteiger charge is -2.10. The van der Waals surface area contributed by atoms with Gasteiger partial charge in [-0.25, -0.2) is 4.39 Å². The number of carbonyl (C=O) groups excluding carboxylic acids is 2. The quantitative estimate of drug-likeness (QED) is 0.827. The molecule has 0 unspecified atom stereocenters. The van der Waals surface area contributed by atoms with E-state index in [1.54, 1.807) is 0 Å². The van der Waals surface area contributed by atoms with Crippen molar-refractivity contribution in [2.45, 2.75) is 0 Å². The van der Waals surface area contributed by atoms with Crippen molar-refractivity contribution in [2.75, 3.05) is 6.61 Å². The van der Waals surface area contributed by atoms with Crippen molar-refractivity contribution >= 4 is 35.0 Å². The minimum absolute atomic E-state index is 0.116. The highest BCUT2D eigenvalue weighted by molar-refractivity contribution is 6.35. The molecule has 2 aromatic carbocycles. The number of rotatable bonds is 4. The molecule has 2 aromatic rings. The van der Waals surface area contributed by atoms with Crippen LogP contribution in [0.4, 0.5) is 4.39 Å². The summed E-state index contributed by atoms with van der Waals surface area (Å²) in [4.78, 5) is 23.5. The van der Waals surface area contributed by atoms with Gasteiger partial charge in [0, 0.05) is 11.1 Å². The molecule has 120 valence electrons. The average Bonchev–Trinajstić information content (AvgIpc) is 2.53. The molecule has 0 aromatic heterocycles. The van der Waals surface area contributed by atoms with Crippen LogP contribution in [0.15, 0.2) is 42.5 Å². The lowest BCUT2D eigenvalue weighted by Crippen LogP contribution is -2.43. The molecule has 0 saturated carbocycles. The number of ether oxygens (including phenoxy) is 1. The summed E-state index contributed by atoms with van der Waals surface area (Å²) in [6.07, 6.45) is 0. The van der Waals surface area contributed by atoms with Gasteiger partial charge in [-0.1, -0.05) is 29.3 Å². The molecule has 0 heterocycles. The van der Waals surface area contributed by atoms with Crippen LogP contribution < -0.4 is 15.6 Å². The largest absolute Gasteiger partial charge is 0.484 e. The van der Waals surface area contributed by atoms with Gasteiger partial charge in [-0.05, 0) is 30.3 Å². The van der Waals surface area contributed by atoms with Gasteiger partial charge < -0.3 is 4.74 Å². The smallest absolute Gasteiger partial charge is 0.276 e. The summed E-state index contributed by atoms with van der Waals surface area (Å²) in [5, 5.41) is 0.525. The summed E-state index contributed by atoms with van der Waals surface area (Å²) < 4.78 is 18.0. The van der Waals surface area contributed by atoms with Crippen LogP contribution in [0.3, 0.4) is 0 Å². The van der Waals surface area contributed by atoms with E-state index in [4.69, 9.17) is 27.9 Å². The second-order valence-electron chi connectivity index (χ2n) is 4.37. The maximum atomic E-state index is 12.9. The minimum atomic E-state index is -0.628. The highest BCUT2D eigenvalue weighted by Crippen LogP contribution is 2.20. The monoisotopic (exact) mass is 356 g/mol. The Kier molecular flexibility index (Phi) is 5.78. The molecule has 0 aliphatic carbocycles. The van der Waals surface area contributed by atoms with E-state index in [1.165, 1.54) is 36.4 Å². The van der Waals surface area contributed by atoms with Crippen LogP contribution >= 0.6 is 23.2 Å². The zero-order chi connectivity index (χ0) is 16.8. The molecule has 0 radical (unpaired) electrons. The van der Waals surface area contributed by atoms with Crippen molar-refractivity contribution in [1.29, 1.82) is 0 Å². The molecule has 0 aliphatic heterocycles. The summed E-state index contributed by atoms with van der Waals surface area (Å²) >= 11 is 11.6. The second kappa shape index (κ2) is 7.80. The molecule has 2 amide bonds. The first-order valence-corrected chi connectivity index (χ1v) is 7.14. The van der Waals surface area contributed by atoms with Crippen LogP contribution in [-0.4, -0.2) is 18.4 Å². The van der Waals surface area contributed by atoms with E-state index in [0.29, 0.717) is 5.02 Å². The lowest BCUT2D eigenvalue weighted by molar-refractivity contribution is -0.123. The Balaban J connectivity index is 1.84. The van der Waals surface area contributed by atoms with Crippen molar-refractivity contribution in [2.24, 2.45) is 0 Å². The third-order valence-corrected chi connectivity index (χ3v) is 3.22. The lowest BCUT2D eigenvalue weighted by atomic mass is 10.2. The fourth-order valence-electron chi connectivity index (χ4n) is 1.61. The number of hydrogen-bond donors (Lipinski definition) is 2. The van der Waals surface area contributed by atoms with Gasteiger partial charge in [0.1, 0.15) is 11.6 Å². The van der Waals surface area contributed by atoms with Crippen molar-refractivity contribution in [3.63, 3.8) is 0 Å². The van der Waals surface area contributed by atoms with Gasteiger partial charge in [0.25, 0.3) is 11.8 Å². The summed E-state index contributed by atoms with van der Waals surface area (Å²) in [6.45, 7) is -0.396. The first-order chi connectivity index (χ1) is 11.0. The Morgan fingerprint density at radius 2 is 1.87 bits per heavy atom. The average molecular weight is 357 g/mol. The highest BCUT2D eigenvalue weighted by atomic mass is 35.5. The number of halogens is 3. The fraction of sp³-hybridized carbons (Fsp3) is 0.0667. The normalized spacial score (nSPS) is 10.0. The third-order valence-electron chi connectivity index (χ3n) is 2.65. The minimum Gasteiger partial charge on any atom is -0.484 e. The maximum absolute atomic E-state index is 12.9. The van der Waals surface area contributed by atoms with Gasteiger partial charge >= 0.3 is 0 Å². The summed E-state index contributed by atoms with van der Waals surface area (Å²) in [7, 11) is 0. The first-order valence-electron chi connectivity index (χ1n) is 6.38. The number of hydrazine groups is 1. The summed E-state index contributed by atoms with van der Waals surface area (Å²) in [6, 6.07) is 9.71. The number of carbonyl (C=O) groups is 2. The molecule has 0 saturated heterocycles. The van der Waals surface area contributed by atoms with Crippen molar-refractivity contribution in [3.8, 4) is 5.75 Å². The van der Waals surface area contributed by atoms with Crippen LogP contribution in [0.5, 0.6) is 5.75 Å². The first kappa shape index (κ1) is 17.1. The van der Waals surface area contributed by atoms with Gasteiger partial charge in [-0.15, -0.1) is 0 Å². The predicted octanol–water partition coefficient (Wildman–Crippen LogP) is 2.97. The number of nitrogens with one attached hydrogen (secondary N) is 2. The molecule has 5 nitrogen and oxygen atoms in total.